The molecule has 1 rings (SSSR count). The number of aliphatic hydroxyl groups is 1. The lowest BCUT2D eigenvalue weighted by atomic mass is 10.2. The van der Waals surface area contributed by atoms with Crippen molar-refractivity contribution in [1.29, 1.82) is 0 Å². The third kappa shape index (κ3) is 4.09. The Kier molecular flexibility index (Phi) is 5.32. The van der Waals surface area contributed by atoms with Gasteiger partial charge in [-0.3, -0.25) is 4.79 Å². The minimum Gasteiger partial charge on any atom is -0.480 e. The number of urea groups is 1. The van der Waals surface area contributed by atoms with Crippen LogP contribution in [0.5, 0.6) is 0 Å². The normalized spacial score (nSPS) is 23.6. The highest BCUT2D eigenvalue weighted by atomic mass is 16.4. The van der Waals surface area contributed by atoms with Crippen LogP contribution in [0.4, 0.5) is 4.79 Å². The van der Waals surface area contributed by atoms with Crippen LogP contribution in [-0.2, 0) is 9.59 Å². The average molecular weight is 287 g/mol. The molecule has 0 aromatic heterocycles. The third-order valence-electron chi connectivity index (χ3n) is 2.99. The first-order chi connectivity index (χ1) is 9.22. The van der Waals surface area contributed by atoms with Crippen LogP contribution in [0.2, 0.25) is 0 Å². The van der Waals surface area contributed by atoms with Gasteiger partial charge in [0, 0.05) is 19.0 Å². The van der Waals surface area contributed by atoms with Crippen LogP contribution in [0.15, 0.2) is 0 Å². The number of amides is 3. The number of aliphatic carboxylic acids is 1. The van der Waals surface area contributed by atoms with E-state index < -0.39 is 30.2 Å². The van der Waals surface area contributed by atoms with Gasteiger partial charge in [-0.1, -0.05) is 0 Å². The predicted molar refractivity (Wildman–Crippen MR) is 70.0 cm³/mol. The van der Waals surface area contributed by atoms with E-state index in [1.54, 1.807) is 13.8 Å². The first-order valence-corrected chi connectivity index (χ1v) is 6.50. The number of hydrogen-bond donors (Lipinski definition) is 4. The largest absolute Gasteiger partial charge is 0.480 e. The second-order valence-electron chi connectivity index (χ2n) is 5.23. The Labute approximate surface area is 117 Å². The number of aliphatic hydroxyl groups excluding tert-OH is 1. The van der Waals surface area contributed by atoms with Gasteiger partial charge in [0.15, 0.2) is 0 Å². The summed E-state index contributed by atoms with van der Waals surface area (Å²) < 4.78 is 0. The topological polar surface area (TPSA) is 119 Å². The van der Waals surface area contributed by atoms with Crippen LogP contribution in [0.3, 0.4) is 0 Å². The molecule has 8 heteroatoms. The highest BCUT2D eigenvalue weighted by Crippen LogP contribution is 2.18. The van der Waals surface area contributed by atoms with Gasteiger partial charge in [-0.2, -0.15) is 0 Å². The number of carbonyl (C=O) groups is 3. The Hall–Kier alpha value is -1.83. The Balaban J connectivity index is 2.61. The van der Waals surface area contributed by atoms with Crippen molar-refractivity contribution in [2.45, 2.75) is 51.4 Å². The fourth-order valence-corrected chi connectivity index (χ4v) is 2.02. The van der Waals surface area contributed by atoms with Crippen LogP contribution in [0.1, 0.15) is 27.2 Å². The second kappa shape index (κ2) is 6.56. The molecule has 1 heterocycles. The van der Waals surface area contributed by atoms with Crippen molar-refractivity contribution in [1.82, 2.24) is 15.5 Å². The van der Waals surface area contributed by atoms with Gasteiger partial charge in [-0.05, 0) is 20.8 Å². The van der Waals surface area contributed by atoms with E-state index in [9.17, 15) is 19.5 Å². The zero-order valence-electron chi connectivity index (χ0n) is 11.8. The van der Waals surface area contributed by atoms with E-state index >= 15 is 0 Å². The maximum absolute atomic E-state index is 12.0. The van der Waals surface area contributed by atoms with Crippen molar-refractivity contribution < 1.29 is 24.6 Å². The van der Waals surface area contributed by atoms with E-state index in [0.29, 0.717) is 0 Å². The smallest absolute Gasteiger partial charge is 0.326 e. The molecular weight excluding hydrogens is 266 g/mol. The van der Waals surface area contributed by atoms with E-state index in [4.69, 9.17) is 5.11 Å². The number of nitrogens with one attached hydrogen (secondary N) is 2. The van der Waals surface area contributed by atoms with Crippen molar-refractivity contribution >= 4 is 17.9 Å². The van der Waals surface area contributed by atoms with Crippen LogP contribution < -0.4 is 10.6 Å². The standard InChI is InChI=1S/C12H21N3O5/c1-6(2)13-10(17)7(3)14-12(20)15-5-8(16)4-9(15)11(18)19/h6-9,16H,4-5H2,1-3H3,(H,13,17)(H,14,20)(H,18,19)/t7?,8-,9-/m0/s1. The van der Waals surface area contributed by atoms with E-state index in [1.165, 1.54) is 6.92 Å². The lowest BCUT2D eigenvalue weighted by molar-refractivity contribution is -0.141. The summed E-state index contributed by atoms with van der Waals surface area (Å²) in [7, 11) is 0. The molecule has 1 unspecified atom stereocenters. The molecule has 0 saturated carbocycles. The number of hydrogen-bond acceptors (Lipinski definition) is 4. The van der Waals surface area contributed by atoms with Gasteiger partial charge in [-0.25, -0.2) is 9.59 Å². The van der Waals surface area contributed by atoms with Gasteiger partial charge >= 0.3 is 12.0 Å². The summed E-state index contributed by atoms with van der Waals surface area (Å²) in [6.07, 6.45) is -0.864. The average Bonchev–Trinajstić information content (AvgIpc) is 2.70. The van der Waals surface area contributed by atoms with Crippen molar-refractivity contribution in [2.24, 2.45) is 0 Å². The summed E-state index contributed by atoms with van der Waals surface area (Å²) >= 11 is 0. The minimum absolute atomic E-state index is 0.00464. The number of carboxylic acid groups (broad SMARTS) is 1. The van der Waals surface area contributed by atoms with E-state index in [0.717, 1.165) is 4.90 Å². The number of rotatable bonds is 4. The van der Waals surface area contributed by atoms with Gasteiger partial charge < -0.3 is 25.7 Å². The number of β-amino-alcohol motifs (C(OH)–C–C–N with tert-alkyl or cyclic N) is 1. The molecule has 0 aliphatic carbocycles. The zero-order valence-corrected chi connectivity index (χ0v) is 11.8. The predicted octanol–water partition coefficient (Wildman–Crippen LogP) is -0.871. The van der Waals surface area contributed by atoms with Crippen LogP contribution in [0, 0.1) is 0 Å². The quantitative estimate of drug-likeness (QED) is 0.536. The summed E-state index contributed by atoms with van der Waals surface area (Å²) in [6.45, 7) is 5.05. The van der Waals surface area contributed by atoms with Crippen LogP contribution in [0.25, 0.3) is 0 Å². The highest BCUT2D eigenvalue weighted by molar-refractivity contribution is 5.89. The molecule has 1 saturated heterocycles. The SMILES string of the molecule is CC(C)NC(=O)C(C)NC(=O)N1C[C@@H](O)C[C@H]1C(=O)O. The summed E-state index contributed by atoms with van der Waals surface area (Å²) in [6, 6.07) is -2.56. The van der Waals surface area contributed by atoms with Crippen molar-refractivity contribution in [3.63, 3.8) is 0 Å². The molecule has 114 valence electrons. The molecule has 3 amide bonds. The number of carbonyl (C=O) groups excluding carboxylic acids is 2. The van der Waals surface area contributed by atoms with Gasteiger partial charge in [-0.15, -0.1) is 0 Å². The van der Waals surface area contributed by atoms with Crippen LogP contribution in [-0.4, -0.2) is 63.8 Å². The first-order valence-electron chi connectivity index (χ1n) is 6.50. The van der Waals surface area contributed by atoms with Gasteiger partial charge in [0.1, 0.15) is 12.1 Å². The summed E-state index contributed by atoms with van der Waals surface area (Å²) in [5.74, 6) is -1.52. The Morgan fingerprint density at radius 1 is 1.20 bits per heavy atom. The maximum Gasteiger partial charge on any atom is 0.326 e. The zero-order chi connectivity index (χ0) is 15.4. The molecule has 0 bridgehead atoms. The molecule has 1 aliphatic heterocycles. The van der Waals surface area contributed by atoms with Crippen molar-refractivity contribution in [3.8, 4) is 0 Å². The molecule has 0 radical (unpaired) electrons. The number of likely N-dealkylation sites (tertiary alicyclic amines) is 1. The first kappa shape index (κ1) is 16.2. The molecule has 0 aromatic rings. The molecule has 8 nitrogen and oxygen atoms in total. The van der Waals surface area contributed by atoms with E-state index in [2.05, 4.69) is 10.6 Å². The third-order valence-corrected chi connectivity index (χ3v) is 2.99. The number of nitrogens with zero attached hydrogens (tertiary/aromatic N) is 1. The molecule has 1 fully saturated rings. The highest BCUT2D eigenvalue weighted by Gasteiger charge is 2.39. The molecule has 0 aromatic carbocycles. The van der Waals surface area contributed by atoms with Gasteiger partial charge in [0.2, 0.25) is 5.91 Å². The number of carboxylic acids is 1. The lowest BCUT2D eigenvalue weighted by Crippen LogP contribution is -2.53. The van der Waals surface area contributed by atoms with E-state index in [-0.39, 0.29) is 24.9 Å². The van der Waals surface area contributed by atoms with Gasteiger partial charge in [0.25, 0.3) is 0 Å². The molecule has 0 spiro atoms. The summed E-state index contributed by atoms with van der Waals surface area (Å²) in [4.78, 5) is 35.7. The Morgan fingerprint density at radius 3 is 2.30 bits per heavy atom. The second-order valence-corrected chi connectivity index (χ2v) is 5.23. The fraction of sp³-hybridized carbons (Fsp3) is 0.750. The Bertz CT molecular complexity index is 399. The van der Waals surface area contributed by atoms with Crippen molar-refractivity contribution in [3.05, 3.63) is 0 Å². The minimum atomic E-state index is -1.17. The van der Waals surface area contributed by atoms with Crippen molar-refractivity contribution in [2.75, 3.05) is 6.54 Å². The van der Waals surface area contributed by atoms with Gasteiger partial charge in [0.05, 0.1) is 6.10 Å². The summed E-state index contributed by atoms with van der Waals surface area (Å²) in [5.41, 5.74) is 0. The Morgan fingerprint density at radius 2 is 1.80 bits per heavy atom. The van der Waals surface area contributed by atoms with Crippen LogP contribution >= 0.6 is 0 Å². The molecule has 20 heavy (non-hydrogen) atoms. The van der Waals surface area contributed by atoms with E-state index in [1.807, 2.05) is 0 Å². The maximum atomic E-state index is 12.0. The molecule has 3 atom stereocenters. The molecule has 1 aliphatic rings. The molecular formula is C12H21N3O5. The lowest BCUT2D eigenvalue weighted by Gasteiger charge is -2.24. The monoisotopic (exact) mass is 287 g/mol. The fourth-order valence-electron chi connectivity index (χ4n) is 2.02. The molecule has 4 N–H and O–H groups in total. The summed E-state index contributed by atoms with van der Waals surface area (Å²) in [5, 5.41) is 23.5.